The van der Waals surface area contributed by atoms with Gasteiger partial charge in [-0.1, -0.05) is 0 Å². The quantitative estimate of drug-likeness (QED) is 0.465. The molecule has 19 heavy (non-hydrogen) atoms. The largest absolute Gasteiger partial charge is 0.364 e. The summed E-state index contributed by atoms with van der Waals surface area (Å²) >= 11 is 4.93. The smallest absolute Gasteiger partial charge is 0.358 e. The molecule has 0 fully saturated rings. The molecule has 1 aromatic heterocycles. The number of pyridine rings is 1. The summed E-state index contributed by atoms with van der Waals surface area (Å²) < 4.78 is 0.444. The Morgan fingerprint density at radius 3 is 2.95 bits per heavy atom. The van der Waals surface area contributed by atoms with Gasteiger partial charge in [-0.2, -0.15) is 11.8 Å². The van der Waals surface area contributed by atoms with E-state index in [4.69, 9.17) is 0 Å². The number of carbonyl (C=O) groups is 1. The van der Waals surface area contributed by atoms with Crippen LogP contribution in [-0.2, 0) is 0 Å². The summed E-state index contributed by atoms with van der Waals surface area (Å²) in [4.78, 5) is 25.5. The second kappa shape index (κ2) is 8.11. The fourth-order valence-electron chi connectivity index (χ4n) is 1.37. The Labute approximate surface area is 123 Å². The fraction of sp³-hybridized carbons (Fsp3) is 0.455. The van der Waals surface area contributed by atoms with Gasteiger partial charge in [-0.25, -0.2) is 0 Å². The van der Waals surface area contributed by atoms with Crippen LogP contribution in [0, 0.1) is 10.1 Å². The number of hydrogen-bond acceptors (Lipinski definition) is 5. The van der Waals surface area contributed by atoms with E-state index in [1.54, 1.807) is 11.8 Å². The molecule has 1 rings (SSSR count). The van der Waals surface area contributed by atoms with Crippen LogP contribution in [0.5, 0.6) is 0 Å². The minimum absolute atomic E-state index is 0.228. The van der Waals surface area contributed by atoms with Crippen LogP contribution in [0.2, 0.25) is 0 Å². The molecule has 8 heteroatoms. The van der Waals surface area contributed by atoms with Crippen molar-refractivity contribution in [3.05, 3.63) is 32.4 Å². The van der Waals surface area contributed by atoms with Crippen LogP contribution in [0.15, 0.2) is 16.7 Å². The first-order valence-electron chi connectivity index (χ1n) is 5.63. The summed E-state index contributed by atoms with van der Waals surface area (Å²) in [7, 11) is 0. The zero-order valence-electron chi connectivity index (χ0n) is 10.4. The van der Waals surface area contributed by atoms with Crippen molar-refractivity contribution in [2.45, 2.75) is 12.8 Å². The summed E-state index contributed by atoms with van der Waals surface area (Å²) in [6.45, 7) is 0.557. The van der Waals surface area contributed by atoms with E-state index in [0.29, 0.717) is 11.0 Å². The molecular weight excluding hydrogens is 334 g/mol. The van der Waals surface area contributed by atoms with E-state index in [1.165, 1.54) is 12.3 Å². The molecule has 1 N–H and O–H groups in total. The minimum atomic E-state index is -0.623. The van der Waals surface area contributed by atoms with Gasteiger partial charge in [0.15, 0.2) is 6.20 Å². The summed E-state index contributed by atoms with van der Waals surface area (Å²) in [6, 6.07) is 1.17. The van der Waals surface area contributed by atoms with Crippen LogP contribution in [0.4, 0.5) is 5.82 Å². The van der Waals surface area contributed by atoms with Gasteiger partial charge in [-0.15, -0.1) is 0 Å². The van der Waals surface area contributed by atoms with E-state index >= 15 is 0 Å². The summed E-state index contributed by atoms with van der Waals surface area (Å²) in [6.07, 6.45) is 5.21. The van der Waals surface area contributed by atoms with E-state index < -0.39 is 4.92 Å². The van der Waals surface area contributed by atoms with Gasteiger partial charge in [-0.05, 0) is 50.7 Å². The van der Waals surface area contributed by atoms with Crippen LogP contribution in [0.3, 0.4) is 0 Å². The van der Waals surface area contributed by atoms with Crippen LogP contribution in [0.1, 0.15) is 23.2 Å². The van der Waals surface area contributed by atoms with Gasteiger partial charge < -0.3 is 15.4 Å². The minimum Gasteiger partial charge on any atom is -0.358 e. The molecule has 1 heterocycles. The SMILES string of the molecule is CSCCCCNC(=O)c1cc([N+](=O)[O-])ncc1Br. The third-order valence-corrected chi connectivity index (χ3v) is 3.66. The molecule has 0 aliphatic heterocycles. The number of nitrogens with one attached hydrogen (secondary N) is 1. The van der Waals surface area contributed by atoms with Crippen LogP contribution in [-0.4, -0.2) is 34.4 Å². The standard InChI is InChI=1S/C11H14BrN3O3S/c1-19-5-3-2-4-13-11(16)8-6-10(15(17)18)14-7-9(8)12/h6-7H,2-5H2,1H3,(H,13,16). The first-order valence-corrected chi connectivity index (χ1v) is 7.82. The molecule has 6 nitrogen and oxygen atoms in total. The lowest BCUT2D eigenvalue weighted by molar-refractivity contribution is -0.389. The Bertz CT molecular complexity index is 470. The van der Waals surface area contributed by atoms with Crippen molar-refractivity contribution in [3.8, 4) is 0 Å². The highest BCUT2D eigenvalue weighted by atomic mass is 79.9. The third kappa shape index (κ3) is 5.15. The molecule has 0 radical (unpaired) electrons. The van der Waals surface area contributed by atoms with Gasteiger partial charge in [0.1, 0.15) is 0 Å². The second-order valence-electron chi connectivity index (χ2n) is 3.74. The van der Waals surface area contributed by atoms with E-state index in [1.807, 2.05) is 6.26 Å². The van der Waals surface area contributed by atoms with Crippen molar-refractivity contribution in [2.75, 3.05) is 18.6 Å². The van der Waals surface area contributed by atoms with E-state index in [2.05, 4.69) is 26.2 Å². The number of unbranched alkanes of at least 4 members (excludes halogenated alkanes) is 1. The Kier molecular flexibility index (Phi) is 6.79. The molecule has 0 spiro atoms. The highest BCUT2D eigenvalue weighted by Crippen LogP contribution is 2.19. The van der Waals surface area contributed by atoms with Gasteiger partial charge in [0.25, 0.3) is 5.91 Å². The number of amides is 1. The number of carbonyl (C=O) groups excluding carboxylic acids is 1. The van der Waals surface area contributed by atoms with Crippen LogP contribution >= 0.6 is 27.7 Å². The molecule has 1 aromatic rings. The van der Waals surface area contributed by atoms with Crippen molar-refractivity contribution in [3.63, 3.8) is 0 Å². The summed E-state index contributed by atoms with van der Waals surface area (Å²) in [5.41, 5.74) is 0.228. The molecule has 1 amide bonds. The molecular formula is C11H14BrN3O3S. The van der Waals surface area contributed by atoms with Gasteiger partial charge in [0.05, 0.1) is 10.0 Å². The van der Waals surface area contributed by atoms with Crippen molar-refractivity contribution in [1.82, 2.24) is 10.3 Å². The topological polar surface area (TPSA) is 85.1 Å². The summed E-state index contributed by atoms with van der Waals surface area (Å²) in [5, 5.41) is 13.3. The van der Waals surface area contributed by atoms with E-state index in [-0.39, 0.29) is 17.3 Å². The average molecular weight is 348 g/mol. The van der Waals surface area contributed by atoms with Crippen molar-refractivity contribution >= 4 is 39.4 Å². The molecule has 0 aliphatic carbocycles. The predicted molar refractivity (Wildman–Crippen MR) is 78.5 cm³/mol. The number of nitro groups is 1. The molecule has 0 unspecified atom stereocenters. The maximum Gasteiger partial charge on any atom is 0.364 e. The predicted octanol–water partition coefficient (Wildman–Crippen LogP) is 2.63. The second-order valence-corrected chi connectivity index (χ2v) is 5.58. The first kappa shape index (κ1) is 15.9. The fourth-order valence-corrected chi connectivity index (χ4v) is 2.26. The van der Waals surface area contributed by atoms with Crippen molar-refractivity contribution in [1.29, 1.82) is 0 Å². The number of rotatable bonds is 7. The molecule has 104 valence electrons. The van der Waals surface area contributed by atoms with Crippen LogP contribution in [0.25, 0.3) is 0 Å². The molecule has 0 saturated carbocycles. The Hall–Kier alpha value is -1.15. The number of aromatic nitrogens is 1. The number of hydrogen-bond donors (Lipinski definition) is 1. The lowest BCUT2D eigenvalue weighted by Gasteiger charge is -2.05. The third-order valence-electron chi connectivity index (χ3n) is 2.33. The monoisotopic (exact) mass is 347 g/mol. The number of thioether (sulfide) groups is 1. The molecule has 0 aromatic carbocycles. The average Bonchev–Trinajstić information content (AvgIpc) is 2.38. The van der Waals surface area contributed by atoms with Crippen molar-refractivity contribution in [2.24, 2.45) is 0 Å². The van der Waals surface area contributed by atoms with Crippen molar-refractivity contribution < 1.29 is 9.72 Å². The Balaban J connectivity index is 2.61. The number of nitrogens with zero attached hydrogens (tertiary/aromatic N) is 2. The highest BCUT2D eigenvalue weighted by molar-refractivity contribution is 9.10. The zero-order chi connectivity index (χ0) is 14.3. The maximum atomic E-state index is 11.9. The van der Waals surface area contributed by atoms with E-state index in [0.717, 1.165) is 18.6 Å². The van der Waals surface area contributed by atoms with Gasteiger partial charge in [0, 0.05) is 12.6 Å². The highest BCUT2D eigenvalue weighted by Gasteiger charge is 2.16. The van der Waals surface area contributed by atoms with E-state index in [9.17, 15) is 14.9 Å². The lowest BCUT2D eigenvalue weighted by Crippen LogP contribution is -2.25. The maximum absolute atomic E-state index is 11.9. The normalized spacial score (nSPS) is 10.2. The molecule has 0 bridgehead atoms. The van der Waals surface area contributed by atoms with Gasteiger partial charge >= 0.3 is 5.82 Å². The molecule has 0 aliphatic rings. The van der Waals surface area contributed by atoms with Gasteiger partial charge in [-0.3, -0.25) is 4.79 Å². The molecule has 0 saturated heterocycles. The molecule has 0 atom stereocenters. The number of halogens is 1. The Morgan fingerprint density at radius 2 is 2.32 bits per heavy atom. The van der Waals surface area contributed by atoms with Crippen LogP contribution < -0.4 is 5.32 Å². The summed E-state index contributed by atoms with van der Waals surface area (Å²) in [5.74, 6) is 0.387. The zero-order valence-corrected chi connectivity index (χ0v) is 12.8. The lowest BCUT2D eigenvalue weighted by atomic mass is 10.2. The van der Waals surface area contributed by atoms with Gasteiger partial charge in [0.2, 0.25) is 0 Å². The first-order chi connectivity index (χ1) is 9.06. The Morgan fingerprint density at radius 1 is 1.58 bits per heavy atom.